The molecular formula is C14H25NO6. The van der Waals surface area contributed by atoms with E-state index in [1.807, 2.05) is 0 Å². The summed E-state index contributed by atoms with van der Waals surface area (Å²) in [6.45, 7) is 7.72. The van der Waals surface area contributed by atoms with Crippen molar-refractivity contribution in [3.05, 3.63) is 0 Å². The van der Waals surface area contributed by atoms with E-state index in [0.29, 0.717) is 13.2 Å². The molecule has 0 aromatic carbocycles. The smallest absolute Gasteiger partial charge is 0.411 e. The number of carbonyl (C=O) groups excluding carboxylic acids is 1. The quantitative estimate of drug-likeness (QED) is 0.775. The van der Waals surface area contributed by atoms with Gasteiger partial charge in [0.05, 0.1) is 25.9 Å². The zero-order valence-electron chi connectivity index (χ0n) is 13.3. The van der Waals surface area contributed by atoms with Crippen LogP contribution in [0.25, 0.3) is 0 Å². The van der Waals surface area contributed by atoms with E-state index in [1.165, 1.54) is 11.8 Å². The number of likely N-dealkylation sites (tertiary alicyclic amines) is 1. The number of hydrogen-bond acceptors (Lipinski definition) is 5. The van der Waals surface area contributed by atoms with Crippen LogP contribution in [-0.4, -0.2) is 66.2 Å². The first-order chi connectivity index (χ1) is 9.60. The van der Waals surface area contributed by atoms with E-state index >= 15 is 0 Å². The summed E-state index contributed by atoms with van der Waals surface area (Å²) in [5, 5.41) is 9.45. The van der Waals surface area contributed by atoms with E-state index in [9.17, 15) is 14.7 Å². The van der Waals surface area contributed by atoms with Gasteiger partial charge in [-0.15, -0.1) is 0 Å². The standard InChI is InChI=1S/C14H25NO6/c1-13(2,3)21-12(18)15-9-10(20-7-6-19-5)8-14(15,4)11(16)17/h10H,6-9H2,1-5H3,(H,16,17)/t10-,14-/m0/s1. The van der Waals surface area contributed by atoms with Crippen molar-refractivity contribution in [1.82, 2.24) is 4.90 Å². The van der Waals surface area contributed by atoms with Crippen LogP contribution in [-0.2, 0) is 19.0 Å². The van der Waals surface area contributed by atoms with Gasteiger partial charge in [-0.3, -0.25) is 4.90 Å². The van der Waals surface area contributed by atoms with E-state index in [4.69, 9.17) is 14.2 Å². The molecule has 0 bridgehead atoms. The van der Waals surface area contributed by atoms with Crippen molar-refractivity contribution < 1.29 is 28.9 Å². The van der Waals surface area contributed by atoms with Crippen LogP contribution in [0.15, 0.2) is 0 Å². The Hall–Kier alpha value is -1.34. The van der Waals surface area contributed by atoms with Crippen LogP contribution in [0.2, 0.25) is 0 Å². The number of rotatable bonds is 5. The van der Waals surface area contributed by atoms with Crippen molar-refractivity contribution in [3.63, 3.8) is 0 Å². The molecule has 1 heterocycles. The molecule has 0 aromatic heterocycles. The van der Waals surface area contributed by atoms with Gasteiger partial charge < -0.3 is 19.3 Å². The average Bonchev–Trinajstić information content (AvgIpc) is 2.66. The first kappa shape index (κ1) is 17.7. The highest BCUT2D eigenvalue weighted by Crippen LogP contribution is 2.32. The molecule has 1 rings (SSSR count). The fraction of sp³-hybridized carbons (Fsp3) is 0.857. The van der Waals surface area contributed by atoms with Crippen LogP contribution in [0.3, 0.4) is 0 Å². The van der Waals surface area contributed by atoms with Crippen LogP contribution in [0, 0.1) is 0 Å². The predicted molar refractivity (Wildman–Crippen MR) is 75.2 cm³/mol. The maximum absolute atomic E-state index is 12.2. The molecular weight excluding hydrogens is 278 g/mol. The summed E-state index contributed by atoms with van der Waals surface area (Å²) >= 11 is 0. The molecule has 122 valence electrons. The minimum absolute atomic E-state index is 0.196. The number of nitrogens with zero attached hydrogens (tertiary/aromatic N) is 1. The van der Waals surface area contributed by atoms with E-state index in [-0.39, 0.29) is 19.1 Å². The summed E-state index contributed by atoms with van der Waals surface area (Å²) in [6.07, 6.45) is -0.746. The molecule has 0 saturated carbocycles. The number of ether oxygens (including phenoxy) is 3. The molecule has 2 atom stereocenters. The molecule has 21 heavy (non-hydrogen) atoms. The van der Waals surface area contributed by atoms with Crippen LogP contribution in [0.1, 0.15) is 34.1 Å². The third-order valence-electron chi connectivity index (χ3n) is 3.32. The van der Waals surface area contributed by atoms with Crippen LogP contribution in [0.5, 0.6) is 0 Å². The van der Waals surface area contributed by atoms with Crippen molar-refractivity contribution in [2.24, 2.45) is 0 Å². The highest BCUT2D eigenvalue weighted by atomic mass is 16.6. The number of methoxy groups -OCH3 is 1. The second-order valence-electron chi connectivity index (χ2n) is 6.36. The first-order valence-electron chi connectivity index (χ1n) is 6.94. The fourth-order valence-electron chi connectivity index (χ4n) is 2.23. The molecule has 1 N–H and O–H groups in total. The van der Waals surface area contributed by atoms with Gasteiger partial charge in [-0.05, 0) is 27.7 Å². The Bertz CT molecular complexity index is 391. The van der Waals surface area contributed by atoms with Crippen LogP contribution >= 0.6 is 0 Å². The van der Waals surface area contributed by atoms with E-state index < -0.39 is 23.2 Å². The summed E-state index contributed by atoms with van der Waals surface area (Å²) in [4.78, 5) is 25.0. The topological polar surface area (TPSA) is 85.3 Å². The summed E-state index contributed by atoms with van der Waals surface area (Å²) in [5.74, 6) is -1.06. The molecule has 1 amide bonds. The van der Waals surface area contributed by atoms with Gasteiger partial charge in [-0.1, -0.05) is 0 Å². The van der Waals surface area contributed by atoms with Gasteiger partial charge in [0.15, 0.2) is 0 Å². The second kappa shape index (κ2) is 6.62. The number of carboxylic acids is 1. The van der Waals surface area contributed by atoms with E-state index in [1.54, 1.807) is 27.9 Å². The monoisotopic (exact) mass is 303 g/mol. The number of carboxylic acid groups (broad SMARTS) is 1. The maximum atomic E-state index is 12.2. The van der Waals surface area contributed by atoms with Gasteiger partial charge in [0.1, 0.15) is 11.1 Å². The Kier molecular flexibility index (Phi) is 5.58. The molecule has 1 aliphatic rings. The molecule has 0 radical (unpaired) electrons. The van der Waals surface area contributed by atoms with Crippen molar-refractivity contribution in [1.29, 1.82) is 0 Å². The van der Waals surface area contributed by atoms with Gasteiger partial charge in [-0.25, -0.2) is 9.59 Å². The van der Waals surface area contributed by atoms with Crippen molar-refractivity contribution in [2.45, 2.75) is 51.4 Å². The van der Waals surface area contributed by atoms with Gasteiger partial charge in [-0.2, -0.15) is 0 Å². The van der Waals surface area contributed by atoms with Gasteiger partial charge in [0.2, 0.25) is 0 Å². The number of carbonyl (C=O) groups is 2. The van der Waals surface area contributed by atoms with E-state index in [2.05, 4.69) is 0 Å². The zero-order chi connectivity index (χ0) is 16.3. The summed E-state index contributed by atoms with van der Waals surface area (Å²) in [5.41, 5.74) is -1.99. The molecule has 0 aliphatic carbocycles. The lowest BCUT2D eigenvalue weighted by molar-refractivity contribution is -0.148. The molecule has 0 aromatic rings. The molecule has 0 unspecified atom stereocenters. The largest absolute Gasteiger partial charge is 0.480 e. The summed E-state index contributed by atoms with van der Waals surface area (Å²) < 4.78 is 15.7. The lowest BCUT2D eigenvalue weighted by Gasteiger charge is -2.32. The minimum Gasteiger partial charge on any atom is -0.480 e. The Morgan fingerprint density at radius 1 is 1.33 bits per heavy atom. The average molecular weight is 303 g/mol. The molecule has 7 nitrogen and oxygen atoms in total. The summed E-state index contributed by atoms with van der Waals surface area (Å²) in [6, 6.07) is 0. The minimum atomic E-state index is -1.32. The Morgan fingerprint density at radius 3 is 2.43 bits per heavy atom. The third-order valence-corrected chi connectivity index (χ3v) is 3.32. The maximum Gasteiger partial charge on any atom is 0.411 e. The lowest BCUT2D eigenvalue weighted by Crippen LogP contribution is -2.52. The number of aliphatic carboxylic acids is 1. The van der Waals surface area contributed by atoms with Crippen molar-refractivity contribution in [2.75, 3.05) is 26.9 Å². The van der Waals surface area contributed by atoms with Crippen molar-refractivity contribution >= 4 is 12.1 Å². The molecule has 7 heteroatoms. The highest BCUT2D eigenvalue weighted by Gasteiger charge is 2.51. The summed E-state index contributed by atoms with van der Waals surface area (Å²) in [7, 11) is 1.56. The van der Waals surface area contributed by atoms with Crippen LogP contribution in [0.4, 0.5) is 4.79 Å². The number of hydrogen-bond donors (Lipinski definition) is 1. The molecule has 0 spiro atoms. The predicted octanol–water partition coefficient (Wildman–Crippen LogP) is 1.50. The van der Waals surface area contributed by atoms with Crippen LogP contribution < -0.4 is 0 Å². The lowest BCUT2D eigenvalue weighted by atomic mass is 9.99. The van der Waals surface area contributed by atoms with Gasteiger partial charge in [0.25, 0.3) is 0 Å². The third kappa shape index (κ3) is 4.57. The Labute approximate surface area is 125 Å². The Balaban J connectivity index is 2.79. The van der Waals surface area contributed by atoms with E-state index in [0.717, 1.165) is 0 Å². The molecule has 1 aliphatic heterocycles. The fourth-order valence-corrected chi connectivity index (χ4v) is 2.23. The molecule has 1 fully saturated rings. The Morgan fingerprint density at radius 2 is 1.95 bits per heavy atom. The zero-order valence-corrected chi connectivity index (χ0v) is 13.3. The normalized spacial score (nSPS) is 26.0. The SMILES string of the molecule is COCCO[C@@H]1CN(C(=O)OC(C)(C)C)[C@](C)(C(=O)O)C1. The highest BCUT2D eigenvalue weighted by molar-refractivity contribution is 5.85. The van der Waals surface area contributed by atoms with Gasteiger partial charge >= 0.3 is 12.1 Å². The number of amides is 1. The second-order valence-corrected chi connectivity index (χ2v) is 6.36. The van der Waals surface area contributed by atoms with Gasteiger partial charge in [0, 0.05) is 13.5 Å². The first-order valence-corrected chi connectivity index (χ1v) is 6.94. The van der Waals surface area contributed by atoms with Crippen molar-refractivity contribution in [3.8, 4) is 0 Å². The molecule has 1 saturated heterocycles.